The van der Waals surface area contributed by atoms with E-state index >= 15 is 0 Å². The van der Waals surface area contributed by atoms with E-state index in [-0.39, 0.29) is 11.7 Å². The van der Waals surface area contributed by atoms with Gasteiger partial charge in [-0.3, -0.25) is 4.79 Å². The van der Waals surface area contributed by atoms with Crippen molar-refractivity contribution in [3.63, 3.8) is 0 Å². The summed E-state index contributed by atoms with van der Waals surface area (Å²) in [6, 6.07) is 12.2. The van der Waals surface area contributed by atoms with Crippen molar-refractivity contribution < 1.29 is 9.90 Å². The highest BCUT2D eigenvalue weighted by Crippen LogP contribution is 2.21. The van der Waals surface area contributed by atoms with E-state index in [0.29, 0.717) is 22.7 Å². The molecule has 98 valence electrons. The van der Waals surface area contributed by atoms with Crippen LogP contribution in [0.3, 0.4) is 0 Å². The maximum Gasteiger partial charge on any atom is 0.256 e. The topological polar surface area (TPSA) is 49.3 Å². The Labute approximate surface area is 116 Å². The Morgan fingerprint density at radius 3 is 2.53 bits per heavy atom. The van der Waals surface area contributed by atoms with Crippen LogP contribution in [0.4, 0.5) is 5.69 Å². The molecule has 0 saturated heterocycles. The fourth-order valence-corrected chi connectivity index (χ4v) is 1.92. The summed E-state index contributed by atoms with van der Waals surface area (Å²) in [7, 11) is 0. The van der Waals surface area contributed by atoms with Crippen LogP contribution in [0.25, 0.3) is 0 Å². The van der Waals surface area contributed by atoms with Crippen molar-refractivity contribution in [2.75, 3.05) is 5.32 Å². The average molecular weight is 276 g/mol. The summed E-state index contributed by atoms with van der Waals surface area (Å²) in [5.74, 6) is 0.317. The molecule has 2 N–H and O–H groups in total. The largest absolute Gasteiger partial charge is 0.508 e. The molecule has 1 amide bonds. The lowest BCUT2D eigenvalue weighted by Crippen LogP contribution is -2.13. The van der Waals surface area contributed by atoms with E-state index in [1.807, 2.05) is 12.1 Å². The predicted molar refractivity (Wildman–Crippen MR) is 76.8 cm³/mol. The van der Waals surface area contributed by atoms with E-state index in [0.717, 1.165) is 5.56 Å². The molecule has 2 aromatic carbocycles. The van der Waals surface area contributed by atoms with Gasteiger partial charge in [0.2, 0.25) is 0 Å². The van der Waals surface area contributed by atoms with Gasteiger partial charge in [-0.1, -0.05) is 18.2 Å². The number of phenolic OH excluding ortho intramolecular Hbond substituents is 1. The number of nitrogens with one attached hydrogen (secondary N) is 1. The minimum absolute atomic E-state index is 0.116. The van der Waals surface area contributed by atoms with Crippen LogP contribution in [0.1, 0.15) is 21.5 Å². The van der Waals surface area contributed by atoms with Crippen LogP contribution in [0.5, 0.6) is 5.75 Å². The average Bonchev–Trinajstić information content (AvgIpc) is 2.42. The maximum absolute atomic E-state index is 12.1. The first kappa shape index (κ1) is 13.4. The smallest absolute Gasteiger partial charge is 0.256 e. The summed E-state index contributed by atoms with van der Waals surface area (Å²) in [4.78, 5) is 12.1. The summed E-state index contributed by atoms with van der Waals surface area (Å²) < 4.78 is 0. The maximum atomic E-state index is 12.1. The number of halogens is 1. The Kier molecular flexibility index (Phi) is 4.07. The highest BCUT2D eigenvalue weighted by Gasteiger charge is 2.11. The summed E-state index contributed by atoms with van der Waals surface area (Å²) in [6.07, 6.45) is 0. The van der Waals surface area contributed by atoms with E-state index in [9.17, 15) is 9.90 Å². The minimum atomic E-state index is -0.243. The lowest BCUT2D eigenvalue weighted by Gasteiger charge is -2.09. The number of alkyl halides is 1. The second kappa shape index (κ2) is 5.76. The van der Waals surface area contributed by atoms with E-state index < -0.39 is 0 Å². The van der Waals surface area contributed by atoms with Gasteiger partial charge in [0, 0.05) is 22.7 Å². The van der Waals surface area contributed by atoms with Gasteiger partial charge < -0.3 is 10.4 Å². The quantitative estimate of drug-likeness (QED) is 0.839. The molecule has 0 aromatic heterocycles. The number of carbonyl (C=O) groups excluding carboxylic acids is 1. The van der Waals surface area contributed by atoms with Gasteiger partial charge >= 0.3 is 0 Å². The molecule has 0 aliphatic heterocycles. The second-order valence-corrected chi connectivity index (χ2v) is 4.50. The van der Waals surface area contributed by atoms with Crippen LogP contribution in [-0.4, -0.2) is 11.0 Å². The number of hydrogen-bond acceptors (Lipinski definition) is 2. The van der Waals surface area contributed by atoms with Gasteiger partial charge in [0.05, 0.1) is 0 Å². The normalized spacial score (nSPS) is 10.2. The Hall–Kier alpha value is -2.00. The SMILES string of the molecule is Cc1c(O)cccc1C(=O)Nc1ccc(CCl)cc1. The zero-order valence-corrected chi connectivity index (χ0v) is 11.2. The molecule has 0 unspecified atom stereocenters. The van der Waals surface area contributed by atoms with Gasteiger partial charge in [-0.25, -0.2) is 0 Å². The third kappa shape index (κ3) is 3.06. The summed E-state index contributed by atoms with van der Waals surface area (Å²) in [5, 5.41) is 12.4. The van der Waals surface area contributed by atoms with Crippen LogP contribution >= 0.6 is 11.6 Å². The van der Waals surface area contributed by atoms with Crippen LogP contribution in [0, 0.1) is 6.92 Å². The number of benzene rings is 2. The van der Waals surface area contributed by atoms with Crippen molar-refractivity contribution in [3.8, 4) is 5.75 Å². The zero-order chi connectivity index (χ0) is 13.8. The number of aromatic hydroxyl groups is 1. The fraction of sp³-hybridized carbons (Fsp3) is 0.133. The molecule has 0 aliphatic rings. The predicted octanol–water partition coefficient (Wildman–Crippen LogP) is 3.69. The number of anilines is 1. The van der Waals surface area contributed by atoms with Gasteiger partial charge in [-0.05, 0) is 36.8 Å². The Morgan fingerprint density at radius 1 is 1.21 bits per heavy atom. The molecule has 0 saturated carbocycles. The summed E-state index contributed by atoms with van der Waals surface area (Å²) >= 11 is 5.70. The first-order valence-electron chi connectivity index (χ1n) is 5.86. The van der Waals surface area contributed by atoms with E-state index in [4.69, 9.17) is 11.6 Å². The minimum Gasteiger partial charge on any atom is -0.508 e. The van der Waals surface area contributed by atoms with Crippen molar-refractivity contribution >= 4 is 23.2 Å². The van der Waals surface area contributed by atoms with Gasteiger partial charge in [0.15, 0.2) is 0 Å². The number of rotatable bonds is 3. The van der Waals surface area contributed by atoms with Crippen LogP contribution in [-0.2, 0) is 5.88 Å². The van der Waals surface area contributed by atoms with Crippen molar-refractivity contribution in [2.45, 2.75) is 12.8 Å². The molecular formula is C15H14ClNO2. The van der Waals surface area contributed by atoms with Crippen LogP contribution in [0.2, 0.25) is 0 Å². The molecule has 0 bridgehead atoms. The molecule has 3 nitrogen and oxygen atoms in total. The fourth-order valence-electron chi connectivity index (χ4n) is 1.75. The summed E-state index contributed by atoms with van der Waals surface area (Å²) in [5.41, 5.74) is 2.72. The number of carbonyl (C=O) groups is 1. The van der Waals surface area contributed by atoms with Crippen molar-refractivity contribution in [2.24, 2.45) is 0 Å². The molecule has 2 rings (SSSR count). The van der Waals surface area contributed by atoms with Gasteiger partial charge in [-0.2, -0.15) is 0 Å². The Bertz CT molecular complexity index is 594. The number of amides is 1. The zero-order valence-electron chi connectivity index (χ0n) is 10.5. The third-order valence-corrected chi connectivity index (χ3v) is 3.22. The first-order chi connectivity index (χ1) is 9.11. The molecule has 4 heteroatoms. The monoisotopic (exact) mass is 275 g/mol. The van der Waals surface area contributed by atoms with Gasteiger partial charge in [0.1, 0.15) is 5.75 Å². The third-order valence-electron chi connectivity index (χ3n) is 2.92. The Morgan fingerprint density at radius 2 is 1.89 bits per heavy atom. The molecule has 0 heterocycles. The van der Waals surface area contributed by atoms with Gasteiger partial charge in [0.25, 0.3) is 5.91 Å². The Balaban J connectivity index is 2.18. The van der Waals surface area contributed by atoms with Crippen molar-refractivity contribution in [3.05, 3.63) is 59.2 Å². The van der Waals surface area contributed by atoms with Crippen LogP contribution < -0.4 is 5.32 Å². The second-order valence-electron chi connectivity index (χ2n) is 4.23. The molecule has 0 radical (unpaired) electrons. The van der Waals surface area contributed by atoms with E-state index in [1.54, 1.807) is 37.3 Å². The molecule has 0 fully saturated rings. The molecule has 2 aromatic rings. The van der Waals surface area contributed by atoms with E-state index in [2.05, 4.69) is 5.32 Å². The molecule has 0 atom stereocenters. The standard InChI is InChI=1S/C15H14ClNO2/c1-10-13(3-2-4-14(10)18)15(19)17-12-7-5-11(9-16)6-8-12/h2-8,18H,9H2,1H3,(H,17,19). The highest BCUT2D eigenvalue weighted by molar-refractivity contribution is 6.17. The van der Waals surface area contributed by atoms with Crippen molar-refractivity contribution in [1.82, 2.24) is 0 Å². The first-order valence-corrected chi connectivity index (χ1v) is 6.40. The molecule has 19 heavy (non-hydrogen) atoms. The van der Waals surface area contributed by atoms with E-state index in [1.165, 1.54) is 0 Å². The van der Waals surface area contributed by atoms with Crippen LogP contribution in [0.15, 0.2) is 42.5 Å². The lowest BCUT2D eigenvalue weighted by atomic mass is 10.1. The summed E-state index contributed by atoms with van der Waals surface area (Å²) in [6.45, 7) is 1.71. The molecular weight excluding hydrogens is 262 g/mol. The highest BCUT2D eigenvalue weighted by atomic mass is 35.5. The molecule has 0 aliphatic carbocycles. The number of phenols is 1. The molecule has 0 spiro atoms. The van der Waals surface area contributed by atoms with Gasteiger partial charge in [-0.15, -0.1) is 11.6 Å². The lowest BCUT2D eigenvalue weighted by molar-refractivity contribution is 0.102. The van der Waals surface area contributed by atoms with Crippen molar-refractivity contribution in [1.29, 1.82) is 0 Å². The number of hydrogen-bond donors (Lipinski definition) is 2.